The average molecular weight is 377 g/mol. The molecule has 2 aromatic rings. The third-order valence-corrected chi connectivity index (χ3v) is 4.54. The maximum absolute atomic E-state index is 12.0. The Morgan fingerprint density at radius 3 is 2.46 bits per heavy atom. The van der Waals surface area contributed by atoms with E-state index in [1.165, 1.54) is 12.1 Å². The van der Waals surface area contributed by atoms with Crippen LogP contribution in [0.3, 0.4) is 0 Å². The highest BCUT2D eigenvalue weighted by atomic mass is 32.2. The van der Waals surface area contributed by atoms with Crippen LogP contribution in [0.15, 0.2) is 53.4 Å². The fourth-order valence-electron chi connectivity index (χ4n) is 2.32. The van der Waals surface area contributed by atoms with Crippen LogP contribution in [0.25, 0.3) is 0 Å². The van der Waals surface area contributed by atoms with Gasteiger partial charge in [-0.1, -0.05) is 24.3 Å². The first-order chi connectivity index (χ1) is 12.4. The number of para-hydroxylation sites is 2. The van der Waals surface area contributed by atoms with Crippen molar-refractivity contribution in [2.45, 2.75) is 18.2 Å². The van der Waals surface area contributed by atoms with Crippen LogP contribution < -0.4 is 20.5 Å². The molecule has 0 fully saturated rings. The van der Waals surface area contributed by atoms with Crippen LogP contribution in [0, 0.1) is 0 Å². The van der Waals surface area contributed by atoms with E-state index < -0.39 is 10.0 Å². The van der Waals surface area contributed by atoms with Crippen molar-refractivity contribution in [3.8, 4) is 5.75 Å². The van der Waals surface area contributed by atoms with E-state index >= 15 is 0 Å². The molecule has 0 bridgehead atoms. The van der Waals surface area contributed by atoms with Crippen LogP contribution in [0.4, 0.5) is 5.69 Å². The van der Waals surface area contributed by atoms with E-state index in [9.17, 15) is 13.2 Å². The summed E-state index contributed by atoms with van der Waals surface area (Å²) in [4.78, 5) is 12.0. The monoisotopic (exact) mass is 377 g/mol. The molecule has 140 valence electrons. The topological polar surface area (TPSA) is 111 Å². The SMILES string of the molecule is CCOc1ccccc1NCC(=O)NCCc1ccc(S(N)(=O)=O)cc1. The van der Waals surface area contributed by atoms with Gasteiger partial charge >= 0.3 is 0 Å². The van der Waals surface area contributed by atoms with E-state index in [4.69, 9.17) is 9.88 Å². The predicted molar refractivity (Wildman–Crippen MR) is 101 cm³/mol. The largest absolute Gasteiger partial charge is 0.492 e. The molecule has 8 heteroatoms. The van der Waals surface area contributed by atoms with E-state index in [-0.39, 0.29) is 17.3 Å². The standard InChI is InChI=1S/C18H23N3O4S/c1-2-25-17-6-4-3-5-16(17)21-13-18(22)20-12-11-14-7-9-15(10-8-14)26(19,23)24/h3-10,21H,2,11-13H2,1H3,(H,20,22)(H2,19,23,24). The first-order valence-electron chi connectivity index (χ1n) is 8.24. The van der Waals surface area contributed by atoms with Gasteiger partial charge in [0.2, 0.25) is 15.9 Å². The molecule has 1 amide bonds. The molecular formula is C18H23N3O4S. The summed E-state index contributed by atoms with van der Waals surface area (Å²) in [6.45, 7) is 3.03. The summed E-state index contributed by atoms with van der Waals surface area (Å²) in [5, 5.41) is 10.9. The predicted octanol–water partition coefficient (Wildman–Crippen LogP) is 1.50. The molecule has 2 aromatic carbocycles. The third kappa shape index (κ3) is 6.05. The highest BCUT2D eigenvalue weighted by Crippen LogP contribution is 2.23. The maximum atomic E-state index is 12.0. The summed E-state index contributed by atoms with van der Waals surface area (Å²) in [7, 11) is -3.68. The van der Waals surface area contributed by atoms with Gasteiger partial charge in [0.05, 0.1) is 23.7 Å². The third-order valence-electron chi connectivity index (χ3n) is 3.61. The van der Waals surface area contributed by atoms with Crippen molar-refractivity contribution in [1.29, 1.82) is 0 Å². The van der Waals surface area contributed by atoms with Gasteiger partial charge in [0, 0.05) is 6.54 Å². The molecule has 0 aliphatic carbocycles. The number of anilines is 1. The highest BCUT2D eigenvalue weighted by molar-refractivity contribution is 7.89. The van der Waals surface area contributed by atoms with E-state index in [2.05, 4.69) is 10.6 Å². The lowest BCUT2D eigenvalue weighted by atomic mass is 10.1. The van der Waals surface area contributed by atoms with Gasteiger partial charge in [0.25, 0.3) is 0 Å². The molecule has 0 heterocycles. The second-order valence-corrected chi connectivity index (χ2v) is 7.13. The number of carbonyl (C=O) groups is 1. The number of nitrogens with two attached hydrogens (primary N) is 1. The number of ether oxygens (including phenoxy) is 1. The van der Waals surface area contributed by atoms with Crippen LogP contribution >= 0.6 is 0 Å². The Labute approximate surface area is 153 Å². The molecule has 0 saturated carbocycles. The van der Waals surface area contributed by atoms with Crippen LogP contribution in [-0.4, -0.2) is 34.0 Å². The molecule has 0 aliphatic heterocycles. The molecule has 0 unspecified atom stereocenters. The minimum absolute atomic E-state index is 0.0717. The van der Waals surface area contributed by atoms with Gasteiger partial charge in [-0.3, -0.25) is 4.79 Å². The number of carbonyl (C=O) groups excluding carboxylic acids is 1. The number of sulfonamides is 1. The molecule has 0 spiro atoms. The van der Waals surface area contributed by atoms with Crippen LogP contribution in [0.5, 0.6) is 5.75 Å². The smallest absolute Gasteiger partial charge is 0.239 e. The number of benzene rings is 2. The molecule has 4 N–H and O–H groups in total. The summed E-state index contributed by atoms with van der Waals surface area (Å²) in [5.41, 5.74) is 1.68. The Morgan fingerprint density at radius 1 is 1.12 bits per heavy atom. The Kier molecular flexibility index (Phi) is 6.99. The highest BCUT2D eigenvalue weighted by Gasteiger charge is 2.07. The van der Waals surface area contributed by atoms with Gasteiger partial charge in [-0.15, -0.1) is 0 Å². The van der Waals surface area contributed by atoms with Gasteiger partial charge in [-0.25, -0.2) is 13.6 Å². The fraction of sp³-hybridized carbons (Fsp3) is 0.278. The quantitative estimate of drug-likeness (QED) is 0.613. The van der Waals surface area contributed by atoms with Crippen LogP contribution in [0.2, 0.25) is 0 Å². The molecule has 0 aromatic heterocycles. The van der Waals surface area contributed by atoms with Crippen molar-refractivity contribution in [3.05, 3.63) is 54.1 Å². The number of nitrogens with one attached hydrogen (secondary N) is 2. The molecule has 26 heavy (non-hydrogen) atoms. The van der Waals surface area contributed by atoms with Gasteiger partial charge in [-0.2, -0.15) is 0 Å². The minimum atomic E-state index is -3.68. The van der Waals surface area contributed by atoms with Crippen LogP contribution in [0.1, 0.15) is 12.5 Å². The first kappa shape index (κ1) is 19.7. The maximum Gasteiger partial charge on any atom is 0.239 e. The van der Waals surface area contributed by atoms with Gasteiger partial charge in [-0.05, 0) is 43.2 Å². The zero-order valence-electron chi connectivity index (χ0n) is 14.6. The number of rotatable bonds is 9. The molecule has 2 rings (SSSR count). The second-order valence-electron chi connectivity index (χ2n) is 5.57. The lowest BCUT2D eigenvalue weighted by molar-refractivity contribution is -0.119. The zero-order chi connectivity index (χ0) is 19.0. The van der Waals surface area contributed by atoms with Gasteiger partial charge in [0.15, 0.2) is 0 Å². The number of primary sulfonamides is 1. The van der Waals surface area contributed by atoms with E-state index in [1.54, 1.807) is 12.1 Å². The first-order valence-corrected chi connectivity index (χ1v) is 9.79. The zero-order valence-corrected chi connectivity index (χ0v) is 15.4. The number of hydrogen-bond acceptors (Lipinski definition) is 5. The summed E-state index contributed by atoms with van der Waals surface area (Å²) in [6.07, 6.45) is 0.589. The molecule has 7 nitrogen and oxygen atoms in total. The van der Waals surface area contributed by atoms with Crippen molar-refractivity contribution in [3.63, 3.8) is 0 Å². The Hall–Kier alpha value is -2.58. The second kappa shape index (κ2) is 9.21. The molecule has 0 atom stereocenters. The molecule has 0 saturated heterocycles. The average Bonchev–Trinajstić information content (AvgIpc) is 2.61. The summed E-state index contributed by atoms with van der Waals surface area (Å²) in [5.74, 6) is 0.565. The molecule has 0 radical (unpaired) electrons. The van der Waals surface area contributed by atoms with E-state index in [0.717, 1.165) is 11.3 Å². The van der Waals surface area contributed by atoms with Crippen molar-refractivity contribution in [2.75, 3.05) is 25.0 Å². The van der Waals surface area contributed by atoms with Crippen LogP contribution in [-0.2, 0) is 21.2 Å². The van der Waals surface area contributed by atoms with E-state index in [1.807, 2.05) is 31.2 Å². The van der Waals surface area contributed by atoms with Crippen molar-refractivity contribution in [1.82, 2.24) is 5.32 Å². The lowest BCUT2D eigenvalue weighted by Gasteiger charge is -2.12. The Balaban J connectivity index is 1.77. The van der Waals surface area contributed by atoms with E-state index in [0.29, 0.717) is 25.3 Å². The van der Waals surface area contributed by atoms with Crippen molar-refractivity contribution >= 4 is 21.6 Å². The van der Waals surface area contributed by atoms with Crippen molar-refractivity contribution < 1.29 is 17.9 Å². The summed E-state index contributed by atoms with van der Waals surface area (Å²) in [6, 6.07) is 13.7. The number of hydrogen-bond donors (Lipinski definition) is 3. The Bertz CT molecular complexity index is 836. The summed E-state index contributed by atoms with van der Waals surface area (Å²) >= 11 is 0. The lowest BCUT2D eigenvalue weighted by Crippen LogP contribution is -2.31. The molecule has 0 aliphatic rings. The number of amides is 1. The normalized spacial score (nSPS) is 11.0. The van der Waals surface area contributed by atoms with Gasteiger partial charge in [0.1, 0.15) is 5.75 Å². The Morgan fingerprint density at radius 2 is 1.81 bits per heavy atom. The molecular weight excluding hydrogens is 354 g/mol. The van der Waals surface area contributed by atoms with Crippen molar-refractivity contribution in [2.24, 2.45) is 5.14 Å². The van der Waals surface area contributed by atoms with Gasteiger partial charge < -0.3 is 15.4 Å². The fourth-order valence-corrected chi connectivity index (χ4v) is 2.84. The summed E-state index contributed by atoms with van der Waals surface area (Å²) < 4.78 is 27.9. The minimum Gasteiger partial charge on any atom is -0.492 e.